The van der Waals surface area contributed by atoms with Crippen molar-refractivity contribution < 1.29 is 27.5 Å². The van der Waals surface area contributed by atoms with Gasteiger partial charge in [0.05, 0.1) is 26.2 Å². The molecule has 226 valence electrons. The molecule has 0 bridgehead atoms. The molecule has 0 heterocycles. The Morgan fingerprint density at radius 1 is 0.929 bits per heavy atom. The second-order valence-electron chi connectivity index (χ2n) is 9.81. The van der Waals surface area contributed by atoms with Gasteiger partial charge in [-0.25, -0.2) is 8.42 Å². The summed E-state index contributed by atoms with van der Waals surface area (Å²) in [6.45, 7) is 1.99. The van der Waals surface area contributed by atoms with Gasteiger partial charge in [-0.05, 0) is 41.8 Å². The number of hydrogen-bond donors (Lipinski definition) is 1. The first-order valence-electron chi connectivity index (χ1n) is 13.6. The Kier molecular flexibility index (Phi) is 12.1. The number of hydrogen-bond acceptors (Lipinski definition) is 6. The summed E-state index contributed by atoms with van der Waals surface area (Å²) in [6, 6.07) is 20.1. The topological polar surface area (TPSA) is 105 Å². The van der Waals surface area contributed by atoms with Crippen molar-refractivity contribution in [1.29, 1.82) is 0 Å². The van der Waals surface area contributed by atoms with Crippen molar-refractivity contribution in [3.05, 3.63) is 88.9 Å². The van der Waals surface area contributed by atoms with Crippen LogP contribution in [0.4, 0.5) is 5.69 Å². The SMILES string of the molecule is CCCCNC(=O)C(Cc1ccccc1)N(Cc1cccc(Cl)c1)C(=O)CN(c1ccc(OC)c(OC)c1)S(C)(=O)=O. The number of ether oxygens (including phenoxy) is 2. The smallest absolute Gasteiger partial charge is 0.244 e. The fourth-order valence-electron chi connectivity index (χ4n) is 4.49. The third-order valence-electron chi connectivity index (χ3n) is 6.68. The quantitative estimate of drug-likeness (QED) is 0.249. The average Bonchev–Trinajstić information content (AvgIpc) is 2.97. The number of methoxy groups -OCH3 is 2. The second-order valence-corrected chi connectivity index (χ2v) is 12.2. The molecule has 1 N–H and O–H groups in total. The van der Waals surface area contributed by atoms with Crippen LogP contribution in [0, 0.1) is 0 Å². The van der Waals surface area contributed by atoms with Gasteiger partial charge in [0, 0.05) is 30.6 Å². The Labute approximate surface area is 253 Å². The number of carbonyl (C=O) groups excluding carboxylic acids is 2. The number of unbranched alkanes of at least 4 members (excludes halogenated alkanes) is 1. The van der Waals surface area contributed by atoms with E-state index < -0.39 is 28.5 Å². The monoisotopic (exact) mass is 615 g/mol. The molecular formula is C31H38ClN3O6S. The number of sulfonamides is 1. The molecule has 0 fully saturated rings. The van der Waals surface area contributed by atoms with Crippen LogP contribution in [0.3, 0.4) is 0 Å². The summed E-state index contributed by atoms with van der Waals surface area (Å²) in [6.07, 6.45) is 2.94. The second kappa shape index (κ2) is 15.5. The number of rotatable bonds is 15. The molecule has 2 amide bonds. The van der Waals surface area contributed by atoms with Crippen LogP contribution in [-0.4, -0.2) is 64.7 Å². The van der Waals surface area contributed by atoms with Crippen LogP contribution < -0.4 is 19.1 Å². The highest BCUT2D eigenvalue weighted by atomic mass is 35.5. The van der Waals surface area contributed by atoms with Crippen molar-refractivity contribution in [3.8, 4) is 11.5 Å². The summed E-state index contributed by atoms with van der Waals surface area (Å²) in [5.41, 5.74) is 1.78. The van der Waals surface area contributed by atoms with E-state index in [4.69, 9.17) is 21.1 Å². The molecule has 42 heavy (non-hydrogen) atoms. The van der Waals surface area contributed by atoms with E-state index in [0.29, 0.717) is 28.6 Å². The van der Waals surface area contributed by atoms with Crippen molar-refractivity contribution in [2.24, 2.45) is 0 Å². The molecule has 0 spiro atoms. The number of amides is 2. The van der Waals surface area contributed by atoms with E-state index >= 15 is 0 Å². The van der Waals surface area contributed by atoms with Crippen LogP contribution in [0.5, 0.6) is 11.5 Å². The fourth-order valence-corrected chi connectivity index (χ4v) is 5.54. The third kappa shape index (κ3) is 9.12. The van der Waals surface area contributed by atoms with Crippen LogP contribution in [0.25, 0.3) is 0 Å². The molecule has 0 saturated heterocycles. The number of benzene rings is 3. The number of carbonyl (C=O) groups is 2. The minimum absolute atomic E-state index is 0.0433. The molecule has 0 aromatic heterocycles. The van der Waals surface area contributed by atoms with E-state index in [2.05, 4.69) is 5.32 Å². The van der Waals surface area contributed by atoms with E-state index in [-0.39, 0.29) is 24.6 Å². The first kappa shape index (κ1) is 32.8. The molecule has 0 aliphatic heterocycles. The van der Waals surface area contributed by atoms with Gasteiger partial charge < -0.3 is 19.7 Å². The summed E-state index contributed by atoms with van der Waals surface area (Å²) < 4.78 is 37.6. The van der Waals surface area contributed by atoms with Gasteiger partial charge >= 0.3 is 0 Å². The highest BCUT2D eigenvalue weighted by Gasteiger charge is 2.33. The zero-order valence-electron chi connectivity index (χ0n) is 24.4. The van der Waals surface area contributed by atoms with Gasteiger partial charge in [0.25, 0.3) is 0 Å². The fraction of sp³-hybridized carbons (Fsp3) is 0.355. The van der Waals surface area contributed by atoms with Gasteiger partial charge in [-0.3, -0.25) is 13.9 Å². The lowest BCUT2D eigenvalue weighted by Crippen LogP contribution is -2.53. The molecule has 1 unspecified atom stereocenters. The van der Waals surface area contributed by atoms with Gasteiger partial charge in [0.1, 0.15) is 12.6 Å². The standard InChI is InChI=1S/C31H38ClN3O6S/c1-5-6-17-33-31(37)27(19-23-11-8-7-9-12-23)34(21-24-13-10-14-25(32)18-24)30(36)22-35(42(4,38)39)26-15-16-28(40-2)29(20-26)41-3/h7-16,18,20,27H,5-6,17,19,21-22H2,1-4H3,(H,33,37). The molecule has 11 heteroatoms. The zero-order chi connectivity index (χ0) is 30.7. The number of anilines is 1. The summed E-state index contributed by atoms with van der Waals surface area (Å²) in [4.78, 5) is 29.2. The number of nitrogens with one attached hydrogen (secondary N) is 1. The van der Waals surface area contributed by atoms with Gasteiger partial charge in [-0.2, -0.15) is 0 Å². The van der Waals surface area contributed by atoms with Gasteiger partial charge in [-0.1, -0.05) is 67.4 Å². The van der Waals surface area contributed by atoms with Gasteiger partial charge in [0.15, 0.2) is 11.5 Å². The van der Waals surface area contributed by atoms with E-state index in [1.165, 1.54) is 31.3 Å². The Morgan fingerprint density at radius 3 is 2.24 bits per heavy atom. The van der Waals surface area contributed by atoms with Crippen LogP contribution in [-0.2, 0) is 32.6 Å². The van der Waals surface area contributed by atoms with E-state index in [1.807, 2.05) is 43.3 Å². The van der Waals surface area contributed by atoms with Crippen LogP contribution in [0.1, 0.15) is 30.9 Å². The maximum atomic E-state index is 14.2. The highest BCUT2D eigenvalue weighted by molar-refractivity contribution is 7.92. The third-order valence-corrected chi connectivity index (χ3v) is 8.05. The lowest BCUT2D eigenvalue weighted by molar-refractivity contribution is -0.140. The van der Waals surface area contributed by atoms with E-state index in [1.54, 1.807) is 24.3 Å². The van der Waals surface area contributed by atoms with E-state index in [0.717, 1.165) is 29.0 Å². The van der Waals surface area contributed by atoms with E-state index in [9.17, 15) is 18.0 Å². The molecule has 3 aromatic rings. The highest BCUT2D eigenvalue weighted by Crippen LogP contribution is 2.32. The van der Waals surface area contributed by atoms with Crippen molar-refractivity contribution in [1.82, 2.24) is 10.2 Å². The van der Waals surface area contributed by atoms with Crippen molar-refractivity contribution >= 4 is 39.1 Å². The van der Waals surface area contributed by atoms with Crippen molar-refractivity contribution in [2.75, 3.05) is 37.9 Å². The molecule has 0 aliphatic rings. The molecule has 9 nitrogen and oxygen atoms in total. The number of halogens is 1. The van der Waals surface area contributed by atoms with Crippen molar-refractivity contribution in [3.63, 3.8) is 0 Å². The summed E-state index contributed by atoms with van der Waals surface area (Å²) in [5, 5.41) is 3.44. The predicted molar refractivity (Wildman–Crippen MR) is 166 cm³/mol. The molecule has 0 radical (unpaired) electrons. The summed E-state index contributed by atoms with van der Waals surface area (Å²) in [7, 11) is -1.01. The molecule has 0 saturated carbocycles. The molecule has 3 rings (SSSR count). The first-order valence-corrected chi connectivity index (χ1v) is 15.8. The molecular weight excluding hydrogens is 578 g/mol. The molecule has 0 aliphatic carbocycles. The Hall–Kier alpha value is -3.76. The maximum Gasteiger partial charge on any atom is 0.244 e. The Bertz CT molecular complexity index is 1450. The minimum atomic E-state index is -3.93. The van der Waals surface area contributed by atoms with Crippen LogP contribution in [0.15, 0.2) is 72.8 Å². The maximum absolute atomic E-state index is 14.2. The zero-order valence-corrected chi connectivity index (χ0v) is 26.0. The normalized spacial score (nSPS) is 11.8. The lowest BCUT2D eigenvalue weighted by atomic mass is 10.0. The Morgan fingerprint density at radius 2 is 1.62 bits per heavy atom. The summed E-state index contributed by atoms with van der Waals surface area (Å²) in [5.74, 6) is -0.152. The number of nitrogens with zero attached hydrogens (tertiary/aromatic N) is 2. The minimum Gasteiger partial charge on any atom is -0.493 e. The summed E-state index contributed by atoms with van der Waals surface area (Å²) >= 11 is 6.25. The Balaban J connectivity index is 2.06. The van der Waals surface area contributed by atoms with Crippen LogP contribution >= 0.6 is 11.6 Å². The predicted octanol–water partition coefficient (Wildman–Crippen LogP) is 4.68. The van der Waals surface area contributed by atoms with Crippen molar-refractivity contribution in [2.45, 2.75) is 38.8 Å². The van der Waals surface area contributed by atoms with Crippen LogP contribution in [0.2, 0.25) is 5.02 Å². The molecule has 3 aromatic carbocycles. The van der Waals surface area contributed by atoms with Gasteiger partial charge in [0.2, 0.25) is 21.8 Å². The first-order chi connectivity index (χ1) is 20.1. The average molecular weight is 616 g/mol. The van der Waals surface area contributed by atoms with Gasteiger partial charge in [-0.15, -0.1) is 0 Å². The lowest BCUT2D eigenvalue weighted by Gasteiger charge is -2.33. The largest absolute Gasteiger partial charge is 0.493 e. The molecule has 1 atom stereocenters.